The zero-order valence-electron chi connectivity index (χ0n) is 12.1. The van der Waals surface area contributed by atoms with Crippen LogP contribution in [0, 0.1) is 0 Å². The summed E-state index contributed by atoms with van der Waals surface area (Å²) in [7, 11) is 1.50. The molecule has 3 aromatic rings. The molecule has 1 atom stereocenters. The van der Waals surface area contributed by atoms with Crippen molar-refractivity contribution in [2.24, 2.45) is 0 Å². The molecule has 22 heavy (non-hydrogen) atoms. The molecule has 0 radical (unpaired) electrons. The van der Waals surface area contributed by atoms with Gasteiger partial charge in [0.15, 0.2) is 17.3 Å². The van der Waals surface area contributed by atoms with E-state index in [-0.39, 0.29) is 0 Å². The summed E-state index contributed by atoms with van der Waals surface area (Å²) in [5, 5.41) is 10.2. The first-order valence-electron chi connectivity index (χ1n) is 6.72. The largest absolute Gasteiger partial charge is 0.493 e. The third-order valence-electron chi connectivity index (χ3n) is 3.04. The molecule has 0 aliphatic rings. The Morgan fingerprint density at radius 3 is 2.91 bits per heavy atom. The normalized spacial score (nSPS) is 12.1. The van der Waals surface area contributed by atoms with Crippen molar-refractivity contribution in [1.29, 1.82) is 0 Å². The van der Waals surface area contributed by atoms with E-state index in [4.69, 9.17) is 9.47 Å². The lowest BCUT2D eigenvalue weighted by Crippen LogP contribution is -2.05. The van der Waals surface area contributed by atoms with Crippen LogP contribution < -0.4 is 14.8 Å². The SMILES string of the molecule is COc1ccc(Nc2n[nH]c3cccnc23)cc1OC(C)F. The summed E-state index contributed by atoms with van der Waals surface area (Å²) in [5.74, 6) is 1.36. The van der Waals surface area contributed by atoms with Crippen molar-refractivity contribution < 1.29 is 13.9 Å². The number of nitrogens with zero attached hydrogens (tertiary/aromatic N) is 2. The molecule has 7 heteroatoms. The van der Waals surface area contributed by atoms with Gasteiger partial charge in [-0.05, 0) is 24.3 Å². The summed E-state index contributed by atoms with van der Waals surface area (Å²) in [6, 6.07) is 8.85. The molecule has 3 rings (SSSR count). The Kier molecular flexibility index (Phi) is 3.78. The van der Waals surface area contributed by atoms with Gasteiger partial charge in [-0.15, -0.1) is 0 Å². The monoisotopic (exact) mass is 302 g/mol. The van der Waals surface area contributed by atoms with Crippen molar-refractivity contribution in [1.82, 2.24) is 15.2 Å². The maximum atomic E-state index is 13.1. The highest BCUT2D eigenvalue weighted by Gasteiger charge is 2.11. The molecule has 1 aromatic carbocycles. The molecule has 0 saturated heterocycles. The van der Waals surface area contributed by atoms with Crippen LogP contribution in [0.2, 0.25) is 0 Å². The summed E-state index contributed by atoms with van der Waals surface area (Å²) < 4.78 is 23.4. The molecule has 0 fully saturated rings. The molecule has 0 amide bonds. The first-order valence-corrected chi connectivity index (χ1v) is 6.72. The van der Waals surface area contributed by atoms with Gasteiger partial charge in [-0.1, -0.05) is 0 Å². The van der Waals surface area contributed by atoms with Crippen molar-refractivity contribution >= 4 is 22.5 Å². The lowest BCUT2D eigenvalue weighted by atomic mass is 10.2. The highest BCUT2D eigenvalue weighted by molar-refractivity contribution is 5.87. The summed E-state index contributed by atoms with van der Waals surface area (Å²) in [6.45, 7) is 1.31. The number of aromatic amines is 1. The summed E-state index contributed by atoms with van der Waals surface area (Å²) in [6.07, 6.45) is 0.258. The van der Waals surface area contributed by atoms with Crippen LogP contribution in [-0.2, 0) is 0 Å². The Bertz CT molecular complexity index is 788. The van der Waals surface area contributed by atoms with E-state index in [0.29, 0.717) is 23.0 Å². The number of aromatic nitrogens is 3. The van der Waals surface area contributed by atoms with Crippen LogP contribution in [0.5, 0.6) is 11.5 Å². The number of halogens is 1. The number of benzene rings is 1. The average molecular weight is 302 g/mol. The quantitative estimate of drug-likeness (QED) is 0.755. The van der Waals surface area contributed by atoms with Gasteiger partial charge in [0.1, 0.15) is 5.52 Å². The summed E-state index contributed by atoms with van der Waals surface area (Å²) in [5.41, 5.74) is 2.24. The highest BCUT2D eigenvalue weighted by Crippen LogP contribution is 2.32. The Morgan fingerprint density at radius 2 is 2.14 bits per heavy atom. The molecule has 2 aromatic heterocycles. The van der Waals surface area contributed by atoms with Gasteiger partial charge in [-0.3, -0.25) is 10.1 Å². The Hall–Kier alpha value is -2.83. The molecule has 0 bridgehead atoms. The standard InChI is InChI=1S/C15H15FN4O2/c1-9(16)22-13-8-10(5-6-12(13)21-2)18-15-14-11(19-20-15)4-3-7-17-14/h3-9H,1-2H3,(H2,18,19,20). The van der Waals surface area contributed by atoms with Gasteiger partial charge < -0.3 is 14.8 Å². The number of H-pyrrole nitrogens is 1. The number of hydrogen-bond donors (Lipinski definition) is 2. The Morgan fingerprint density at radius 1 is 1.27 bits per heavy atom. The maximum Gasteiger partial charge on any atom is 0.236 e. The van der Waals surface area contributed by atoms with E-state index >= 15 is 0 Å². The number of nitrogens with one attached hydrogen (secondary N) is 2. The van der Waals surface area contributed by atoms with E-state index in [1.807, 2.05) is 12.1 Å². The smallest absolute Gasteiger partial charge is 0.236 e. The zero-order chi connectivity index (χ0) is 15.5. The van der Waals surface area contributed by atoms with Gasteiger partial charge in [0.05, 0.1) is 12.6 Å². The minimum atomic E-state index is -1.43. The second-order valence-corrected chi connectivity index (χ2v) is 4.62. The maximum absolute atomic E-state index is 13.1. The van der Waals surface area contributed by atoms with Crippen LogP contribution in [0.15, 0.2) is 36.5 Å². The minimum Gasteiger partial charge on any atom is -0.493 e. The highest BCUT2D eigenvalue weighted by atomic mass is 19.1. The number of methoxy groups -OCH3 is 1. The second kappa shape index (κ2) is 5.88. The van der Waals surface area contributed by atoms with Crippen molar-refractivity contribution in [2.75, 3.05) is 12.4 Å². The first-order chi connectivity index (χ1) is 10.7. The van der Waals surface area contributed by atoms with Crippen LogP contribution in [0.1, 0.15) is 6.92 Å². The summed E-state index contributed by atoms with van der Waals surface area (Å²) in [4.78, 5) is 4.27. The molecule has 0 saturated carbocycles. The molecule has 0 aliphatic heterocycles. The molecule has 1 unspecified atom stereocenters. The lowest BCUT2D eigenvalue weighted by Gasteiger charge is -2.13. The molecule has 114 valence electrons. The van der Waals surface area contributed by atoms with Crippen molar-refractivity contribution in [3.63, 3.8) is 0 Å². The van der Waals surface area contributed by atoms with E-state index < -0.39 is 6.36 Å². The predicted octanol–water partition coefficient (Wildman–Crippen LogP) is 3.40. The second-order valence-electron chi connectivity index (χ2n) is 4.62. The fourth-order valence-corrected chi connectivity index (χ4v) is 2.10. The summed E-state index contributed by atoms with van der Waals surface area (Å²) >= 11 is 0. The van der Waals surface area contributed by atoms with Gasteiger partial charge in [0, 0.05) is 24.9 Å². The minimum absolute atomic E-state index is 0.315. The fraction of sp³-hybridized carbons (Fsp3) is 0.200. The first kappa shape index (κ1) is 14.1. The molecule has 0 aliphatic carbocycles. The van der Waals surface area contributed by atoms with E-state index in [2.05, 4.69) is 20.5 Å². The number of alkyl halides is 1. The van der Waals surface area contributed by atoms with Crippen LogP contribution in [-0.4, -0.2) is 28.6 Å². The van der Waals surface area contributed by atoms with Gasteiger partial charge in [0.25, 0.3) is 0 Å². The third kappa shape index (κ3) is 2.78. The zero-order valence-corrected chi connectivity index (χ0v) is 12.1. The van der Waals surface area contributed by atoms with E-state index in [9.17, 15) is 4.39 Å². The molecule has 2 N–H and O–H groups in total. The topological polar surface area (TPSA) is 72.1 Å². The van der Waals surface area contributed by atoms with Gasteiger partial charge >= 0.3 is 0 Å². The van der Waals surface area contributed by atoms with Gasteiger partial charge in [-0.25, -0.2) is 4.39 Å². The van der Waals surface area contributed by atoms with Crippen LogP contribution in [0.4, 0.5) is 15.9 Å². The Balaban J connectivity index is 1.92. The van der Waals surface area contributed by atoms with Gasteiger partial charge in [-0.2, -0.15) is 5.10 Å². The molecule has 6 nitrogen and oxygen atoms in total. The number of pyridine rings is 1. The number of fused-ring (bicyclic) bond motifs is 1. The van der Waals surface area contributed by atoms with Crippen molar-refractivity contribution in [2.45, 2.75) is 13.3 Å². The number of hydrogen-bond acceptors (Lipinski definition) is 5. The third-order valence-corrected chi connectivity index (χ3v) is 3.04. The van der Waals surface area contributed by atoms with E-state index in [1.54, 1.807) is 24.4 Å². The number of rotatable bonds is 5. The average Bonchev–Trinajstić information content (AvgIpc) is 2.90. The van der Waals surface area contributed by atoms with E-state index in [1.165, 1.54) is 14.0 Å². The van der Waals surface area contributed by atoms with Crippen molar-refractivity contribution in [3.05, 3.63) is 36.5 Å². The number of ether oxygens (including phenoxy) is 2. The van der Waals surface area contributed by atoms with Crippen molar-refractivity contribution in [3.8, 4) is 11.5 Å². The van der Waals surface area contributed by atoms with E-state index in [0.717, 1.165) is 11.0 Å². The van der Waals surface area contributed by atoms with Crippen LogP contribution >= 0.6 is 0 Å². The van der Waals surface area contributed by atoms with Gasteiger partial charge in [0.2, 0.25) is 6.36 Å². The van der Waals surface area contributed by atoms with Crippen LogP contribution in [0.3, 0.4) is 0 Å². The number of anilines is 2. The fourth-order valence-electron chi connectivity index (χ4n) is 2.10. The molecule has 2 heterocycles. The molecular formula is C15H15FN4O2. The lowest BCUT2D eigenvalue weighted by molar-refractivity contribution is 0.0827. The predicted molar refractivity (Wildman–Crippen MR) is 81.4 cm³/mol. The molecule has 0 spiro atoms. The molecular weight excluding hydrogens is 287 g/mol. The Labute approximate surface area is 126 Å². The van der Waals surface area contributed by atoms with Crippen LogP contribution in [0.25, 0.3) is 11.0 Å².